The van der Waals surface area contributed by atoms with E-state index >= 15 is 0 Å². The highest BCUT2D eigenvalue weighted by Crippen LogP contribution is 2.31. The van der Waals surface area contributed by atoms with E-state index in [1.54, 1.807) is 6.07 Å². The third-order valence-corrected chi connectivity index (χ3v) is 4.23. The number of nitrogens with two attached hydrogens (primary N) is 1. The van der Waals surface area contributed by atoms with Crippen molar-refractivity contribution < 1.29 is 10.3 Å². The molecule has 20 heavy (non-hydrogen) atoms. The first kappa shape index (κ1) is 14.9. The summed E-state index contributed by atoms with van der Waals surface area (Å²) in [5.41, 5.74) is 7.16. The molecule has 110 valence electrons. The van der Waals surface area contributed by atoms with E-state index in [4.69, 9.17) is 22.5 Å². The molecular formula is C14H20ClN3O2. The first-order chi connectivity index (χ1) is 9.54. The minimum Gasteiger partial charge on any atom is -0.409 e. The molecule has 0 spiro atoms. The molecule has 0 bridgehead atoms. The van der Waals surface area contributed by atoms with Crippen LogP contribution < -0.4 is 10.6 Å². The lowest BCUT2D eigenvalue weighted by Crippen LogP contribution is -2.38. The molecule has 2 rings (SSSR count). The number of aliphatic hydroxyl groups is 1. The standard InChI is InChI=1S/C14H20ClN3O2/c1-9(19)10-5-7-18(8-6-10)12-4-2-3-11(15)13(12)14(16)17-20/h2-4,9-10,19-20H,5-8H2,1H3,(H2,16,17). The predicted octanol–water partition coefficient (Wildman–Crippen LogP) is 2.03. The summed E-state index contributed by atoms with van der Waals surface area (Å²) in [6.45, 7) is 3.48. The first-order valence-corrected chi connectivity index (χ1v) is 7.11. The molecule has 0 amide bonds. The number of amidine groups is 1. The van der Waals surface area contributed by atoms with E-state index in [-0.39, 0.29) is 11.9 Å². The van der Waals surface area contributed by atoms with Gasteiger partial charge < -0.3 is 20.9 Å². The van der Waals surface area contributed by atoms with E-state index in [9.17, 15) is 5.11 Å². The van der Waals surface area contributed by atoms with Gasteiger partial charge in [0.05, 0.1) is 16.7 Å². The smallest absolute Gasteiger partial charge is 0.173 e. The van der Waals surface area contributed by atoms with Crippen LogP contribution in [0.4, 0.5) is 5.69 Å². The number of nitrogens with zero attached hydrogens (tertiary/aromatic N) is 2. The monoisotopic (exact) mass is 297 g/mol. The van der Waals surface area contributed by atoms with Crippen LogP contribution in [0, 0.1) is 5.92 Å². The van der Waals surface area contributed by atoms with Crippen LogP contribution in [-0.4, -0.2) is 35.3 Å². The van der Waals surface area contributed by atoms with Crippen LogP contribution in [0.15, 0.2) is 23.4 Å². The topological polar surface area (TPSA) is 82.1 Å². The molecule has 0 aromatic heterocycles. The van der Waals surface area contributed by atoms with Crippen molar-refractivity contribution in [2.45, 2.75) is 25.9 Å². The van der Waals surface area contributed by atoms with E-state index in [1.165, 1.54) is 0 Å². The molecule has 1 aromatic carbocycles. The first-order valence-electron chi connectivity index (χ1n) is 6.74. The fraction of sp³-hybridized carbons (Fsp3) is 0.500. The van der Waals surface area contributed by atoms with E-state index in [0.717, 1.165) is 31.6 Å². The molecule has 1 aliphatic rings. The minimum atomic E-state index is -0.278. The molecular weight excluding hydrogens is 278 g/mol. The summed E-state index contributed by atoms with van der Waals surface area (Å²) in [5.74, 6) is 0.348. The normalized spacial score (nSPS) is 19.1. The van der Waals surface area contributed by atoms with E-state index in [1.807, 2.05) is 19.1 Å². The molecule has 0 saturated carbocycles. The van der Waals surface area contributed by atoms with Crippen molar-refractivity contribution in [3.8, 4) is 0 Å². The van der Waals surface area contributed by atoms with Crippen LogP contribution in [0.2, 0.25) is 5.02 Å². The SMILES string of the molecule is CC(O)C1CCN(c2cccc(Cl)c2/C(N)=N/O)CC1. The maximum Gasteiger partial charge on any atom is 0.173 e. The number of aliphatic hydroxyl groups excluding tert-OH is 1. The number of halogens is 1. The molecule has 1 aliphatic heterocycles. The van der Waals surface area contributed by atoms with Crippen molar-refractivity contribution in [2.24, 2.45) is 16.8 Å². The van der Waals surface area contributed by atoms with Crippen LogP contribution in [0.25, 0.3) is 0 Å². The van der Waals surface area contributed by atoms with Crippen LogP contribution in [0.1, 0.15) is 25.3 Å². The van der Waals surface area contributed by atoms with Crippen molar-refractivity contribution >= 4 is 23.1 Å². The Kier molecular flexibility index (Phi) is 4.73. The molecule has 4 N–H and O–H groups in total. The highest BCUT2D eigenvalue weighted by molar-refractivity contribution is 6.34. The Morgan fingerprint density at radius 2 is 2.10 bits per heavy atom. The number of hydrogen-bond acceptors (Lipinski definition) is 4. The number of oxime groups is 1. The Morgan fingerprint density at radius 1 is 1.45 bits per heavy atom. The van der Waals surface area contributed by atoms with Gasteiger partial charge in [-0.25, -0.2) is 0 Å². The second-order valence-corrected chi connectivity index (χ2v) is 5.59. The summed E-state index contributed by atoms with van der Waals surface area (Å²) < 4.78 is 0. The molecule has 1 saturated heterocycles. The second kappa shape index (κ2) is 6.33. The van der Waals surface area contributed by atoms with Gasteiger partial charge in [0.25, 0.3) is 0 Å². The van der Waals surface area contributed by atoms with Gasteiger partial charge in [-0.05, 0) is 37.8 Å². The summed E-state index contributed by atoms with van der Waals surface area (Å²) in [6.07, 6.45) is 1.56. The van der Waals surface area contributed by atoms with Gasteiger partial charge >= 0.3 is 0 Å². The van der Waals surface area contributed by atoms with Crippen molar-refractivity contribution in [1.29, 1.82) is 0 Å². The molecule has 6 heteroatoms. The summed E-state index contributed by atoms with van der Waals surface area (Å²) in [5, 5.41) is 22.1. The summed E-state index contributed by atoms with van der Waals surface area (Å²) in [7, 11) is 0. The van der Waals surface area contributed by atoms with Gasteiger partial charge in [0, 0.05) is 18.8 Å². The highest BCUT2D eigenvalue weighted by atomic mass is 35.5. The third kappa shape index (κ3) is 2.99. The predicted molar refractivity (Wildman–Crippen MR) is 80.6 cm³/mol. The molecule has 1 unspecified atom stereocenters. The Balaban J connectivity index is 2.24. The zero-order valence-corrected chi connectivity index (χ0v) is 12.2. The van der Waals surface area contributed by atoms with E-state index in [0.29, 0.717) is 16.5 Å². The quantitative estimate of drug-likeness (QED) is 0.345. The zero-order chi connectivity index (χ0) is 14.7. The van der Waals surface area contributed by atoms with E-state index in [2.05, 4.69) is 10.1 Å². The number of anilines is 1. The van der Waals surface area contributed by atoms with Crippen molar-refractivity contribution in [2.75, 3.05) is 18.0 Å². The average Bonchev–Trinajstić information content (AvgIpc) is 2.46. The number of hydrogen-bond donors (Lipinski definition) is 3. The van der Waals surface area contributed by atoms with Gasteiger partial charge in [0.1, 0.15) is 0 Å². The summed E-state index contributed by atoms with van der Waals surface area (Å²) in [6, 6.07) is 5.50. The molecule has 1 fully saturated rings. The third-order valence-electron chi connectivity index (χ3n) is 3.92. The van der Waals surface area contributed by atoms with Crippen LogP contribution >= 0.6 is 11.6 Å². The molecule has 1 heterocycles. The molecule has 0 aliphatic carbocycles. The average molecular weight is 298 g/mol. The zero-order valence-electron chi connectivity index (χ0n) is 11.5. The number of rotatable bonds is 3. The van der Waals surface area contributed by atoms with Crippen LogP contribution in [0.3, 0.4) is 0 Å². The summed E-state index contributed by atoms with van der Waals surface area (Å²) >= 11 is 6.16. The second-order valence-electron chi connectivity index (χ2n) is 5.18. The lowest BCUT2D eigenvalue weighted by molar-refractivity contribution is 0.110. The fourth-order valence-electron chi connectivity index (χ4n) is 2.70. The Labute approximate surface area is 123 Å². The van der Waals surface area contributed by atoms with E-state index < -0.39 is 0 Å². The number of benzene rings is 1. The Hall–Kier alpha value is -1.46. The van der Waals surface area contributed by atoms with Crippen molar-refractivity contribution in [3.05, 3.63) is 28.8 Å². The van der Waals surface area contributed by atoms with Gasteiger partial charge in [-0.3, -0.25) is 0 Å². The van der Waals surface area contributed by atoms with Gasteiger partial charge in [-0.1, -0.05) is 22.8 Å². The van der Waals surface area contributed by atoms with Gasteiger partial charge in [-0.15, -0.1) is 0 Å². The van der Waals surface area contributed by atoms with Gasteiger partial charge in [-0.2, -0.15) is 0 Å². The van der Waals surface area contributed by atoms with Gasteiger partial charge in [0.15, 0.2) is 5.84 Å². The van der Waals surface area contributed by atoms with Crippen LogP contribution in [-0.2, 0) is 0 Å². The van der Waals surface area contributed by atoms with Gasteiger partial charge in [0.2, 0.25) is 0 Å². The minimum absolute atomic E-state index is 0.0169. The molecule has 0 radical (unpaired) electrons. The molecule has 5 nitrogen and oxygen atoms in total. The Bertz CT molecular complexity index is 497. The Morgan fingerprint density at radius 3 is 2.65 bits per heavy atom. The van der Waals surface area contributed by atoms with Crippen LogP contribution in [0.5, 0.6) is 0 Å². The highest BCUT2D eigenvalue weighted by Gasteiger charge is 2.25. The number of piperidine rings is 1. The summed E-state index contributed by atoms with van der Waals surface area (Å²) in [4.78, 5) is 2.16. The lowest BCUT2D eigenvalue weighted by Gasteiger charge is -2.35. The van der Waals surface area contributed by atoms with Crippen molar-refractivity contribution in [1.82, 2.24) is 0 Å². The molecule has 1 aromatic rings. The van der Waals surface area contributed by atoms with Crippen molar-refractivity contribution in [3.63, 3.8) is 0 Å². The maximum atomic E-state index is 9.65. The fourth-order valence-corrected chi connectivity index (χ4v) is 2.97. The largest absolute Gasteiger partial charge is 0.409 e. The lowest BCUT2D eigenvalue weighted by atomic mass is 9.91. The molecule has 1 atom stereocenters. The maximum absolute atomic E-state index is 9.65.